The van der Waals surface area contributed by atoms with E-state index >= 15 is 0 Å². The zero-order valence-electron chi connectivity index (χ0n) is 12.0. The summed E-state index contributed by atoms with van der Waals surface area (Å²) in [6, 6.07) is 6.84. The molecule has 1 aromatic carbocycles. The van der Waals surface area contributed by atoms with Crippen molar-refractivity contribution in [2.45, 2.75) is 6.92 Å². The molecule has 1 heterocycles. The number of carbonyl (C=O) groups is 2. The summed E-state index contributed by atoms with van der Waals surface area (Å²) in [5, 5.41) is 2.77. The van der Waals surface area contributed by atoms with Gasteiger partial charge in [-0.05, 0) is 31.2 Å². The highest BCUT2D eigenvalue weighted by Crippen LogP contribution is 2.11. The second-order valence-electron chi connectivity index (χ2n) is 4.74. The van der Waals surface area contributed by atoms with Gasteiger partial charge in [0.2, 0.25) is 0 Å². The molecule has 0 radical (unpaired) electrons. The molecule has 7 heteroatoms. The fraction of sp³-hybridized carbons (Fsp3) is 0.429. The van der Waals surface area contributed by atoms with E-state index in [1.54, 1.807) is 34.1 Å². The average Bonchev–Trinajstić information content (AvgIpc) is 2.48. The van der Waals surface area contributed by atoms with Crippen molar-refractivity contribution in [2.24, 2.45) is 0 Å². The molecular weight excluding hydrogens is 292 g/mol. The molecular formula is C14H21ClN4O2. The summed E-state index contributed by atoms with van der Waals surface area (Å²) in [6.45, 7) is 4.74. The lowest BCUT2D eigenvalue weighted by Crippen LogP contribution is -2.53. The van der Waals surface area contributed by atoms with Crippen molar-refractivity contribution in [1.29, 1.82) is 0 Å². The first-order valence-electron chi connectivity index (χ1n) is 6.79. The number of anilines is 1. The van der Waals surface area contributed by atoms with Gasteiger partial charge in [-0.3, -0.25) is 4.79 Å². The Morgan fingerprint density at radius 3 is 2.14 bits per heavy atom. The summed E-state index contributed by atoms with van der Waals surface area (Å²) < 4.78 is 0. The minimum atomic E-state index is -0.0629. The van der Waals surface area contributed by atoms with Crippen LogP contribution in [-0.4, -0.2) is 54.5 Å². The maximum Gasteiger partial charge on any atom is 0.317 e. The summed E-state index contributed by atoms with van der Waals surface area (Å²) >= 11 is 0. The van der Waals surface area contributed by atoms with Gasteiger partial charge < -0.3 is 20.9 Å². The Morgan fingerprint density at radius 1 is 1.10 bits per heavy atom. The maximum atomic E-state index is 12.3. The van der Waals surface area contributed by atoms with Gasteiger partial charge in [0.15, 0.2) is 0 Å². The summed E-state index contributed by atoms with van der Waals surface area (Å²) in [5.74, 6) is -0.0134. The van der Waals surface area contributed by atoms with E-state index in [0.717, 1.165) is 0 Å². The zero-order valence-corrected chi connectivity index (χ0v) is 12.9. The number of halogens is 1. The van der Waals surface area contributed by atoms with Gasteiger partial charge in [-0.1, -0.05) is 0 Å². The lowest BCUT2D eigenvalue weighted by Gasteiger charge is -2.34. The molecule has 1 aliphatic heterocycles. The molecule has 0 saturated carbocycles. The molecule has 0 bridgehead atoms. The van der Waals surface area contributed by atoms with Gasteiger partial charge in [0.25, 0.3) is 5.91 Å². The molecule has 0 aliphatic carbocycles. The Bertz CT molecular complexity index is 484. The van der Waals surface area contributed by atoms with E-state index in [2.05, 4.69) is 5.32 Å². The summed E-state index contributed by atoms with van der Waals surface area (Å²) in [5.41, 5.74) is 6.88. The number of amides is 3. The van der Waals surface area contributed by atoms with E-state index in [4.69, 9.17) is 5.73 Å². The fourth-order valence-electron chi connectivity index (χ4n) is 2.18. The number of rotatable bonds is 2. The second kappa shape index (κ2) is 7.73. The van der Waals surface area contributed by atoms with Crippen molar-refractivity contribution in [3.63, 3.8) is 0 Å². The van der Waals surface area contributed by atoms with Crippen LogP contribution < -0.4 is 11.1 Å². The van der Waals surface area contributed by atoms with Crippen LogP contribution in [0.2, 0.25) is 0 Å². The number of nitrogens with one attached hydrogen (secondary N) is 1. The van der Waals surface area contributed by atoms with E-state index < -0.39 is 0 Å². The number of piperazine rings is 1. The SMILES string of the molecule is CCNC(=O)N1CCN(C(=O)c2ccc(N)cc2)CC1.Cl. The van der Waals surface area contributed by atoms with Gasteiger partial charge in [-0.25, -0.2) is 4.79 Å². The average molecular weight is 313 g/mol. The molecule has 3 amide bonds. The third-order valence-corrected chi connectivity index (χ3v) is 3.34. The normalized spacial score (nSPS) is 14.3. The minimum absolute atomic E-state index is 0. The van der Waals surface area contributed by atoms with Crippen LogP contribution in [0.25, 0.3) is 0 Å². The second-order valence-corrected chi connectivity index (χ2v) is 4.74. The van der Waals surface area contributed by atoms with E-state index in [1.165, 1.54) is 0 Å². The maximum absolute atomic E-state index is 12.3. The van der Waals surface area contributed by atoms with Crippen molar-refractivity contribution < 1.29 is 9.59 Å². The molecule has 116 valence electrons. The molecule has 1 aliphatic rings. The first kappa shape index (κ1) is 17.1. The fourth-order valence-corrected chi connectivity index (χ4v) is 2.18. The lowest BCUT2D eigenvalue weighted by atomic mass is 10.1. The van der Waals surface area contributed by atoms with Gasteiger partial charge >= 0.3 is 6.03 Å². The molecule has 1 fully saturated rings. The van der Waals surface area contributed by atoms with Crippen LogP contribution in [0, 0.1) is 0 Å². The van der Waals surface area contributed by atoms with Crippen LogP contribution in [-0.2, 0) is 0 Å². The summed E-state index contributed by atoms with van der Waals surface area (Å²) in [7, 11) is 0. The number of nitrogens with two attached hydrogens (primary N) is 1. The predicted molar refractivity (Wildman–Crippen MR) is 84.7 cm³/mol. The monoisotopic (exact) mass is 312 g/mol. The molecule has 21 heavy (non-hydrogen) atoms. The zero-order chi connectivity index (χ0) is 14.5. The van der Waals surface area contributed by atoms with Crippen LogP contribution >= 0.6 is 12.4 Å². The van der Waals surface area contributed by atoms with Crippen LogP contribution in [0.1, 0.15) is 17.3 Å². The summed E-state index contributed by atoms with van der Waals surface area (Å²) in [4.78, 5) is 27.5. The molecule has 6 nitrogen and oxygen atoms in total. The first-order chi connectivity index (χ1) is 9.61. The quantitative estimate of drug-likeness (QED) is 0.805. The highest BCUT2D eigenvalue weighted by molar-refractivity contribution is 5.94. The van der Waals surface area contributed by atoms with Crippen molar-refractivity contribution in [2.75, 3.05) is 38.5 Å². The predicted octanol–water partition coefficient (Wildman–Crippen LogP) is 1.18. The van der Waals surface area contributed by atoms with Crippen LogP contribution in [0.5, 0.6) is 0 Å². The van der Waals surface area contributed by atoms with E-state index in [-0.39, 0.29) is 24.3 Å². The Morgan fingerprint density at radius 2 is 1.62 bits per heavy atom. The Balaban J connectivity index is 0.00000220. The van der Waals surface area contributed by atoms with E-state index in [1.807, 2.05) is 6.92 Å². The van der Waals surface area contributed by atoms with Crippen molar-refractivity contribution >= 4 is 30.0 Å². The number of urea groups is 1. The number of carbonyl (C=O) groups excluding carboxylic acids is 2. The number of benzene rings is 1. The Hall–Kier alpha value is -1.95. The topological polar surface area (TPSA) is 78.7 Å². The van der Waals surface area contributed by atoms with Crippen molar-refractivity contribution in [3.05, 3.63) is 29.8 Å². The van der Waals surface area contributed by atoms with Crippen molar-refractivity contribution in [1.82, 2.24) is 15.1 Å². The number of hydrogen-bond acceptors (Lipinski definition) is 3. The number of hydrogen-bond donors (Lipinski definition) is 2. The molecule has 2 rings (SSSR count). The minimum Gasteiger partial charge on any atom is -0.399 e. The Labute approximate surface area is 130 Å². The van der Waals surface area contributed by atoms with E-state index in [9.17, 15) is 9.59 Å². The molecule has 1 aromatic rings. The smallest absolute Gasteiger partial charge is 0.317 e. The Kier molecular flexibility index (Phi) is 6.30. The van der Waals surface area contributed by atoms with Gasteiger partial charge in [0.1, 0.15) is 0 Å². The molecule has 0 unspecified atom stereocenters. The van der Waals surface area contributed by atoms with Crippen LogP contribution in [0.15, 0.2) is 24.3 Å². The van der Waals surface area contributed by atoms with Crippen molar-refractivity contribution in [3.8, 4) is 0 Å². The van der Waals surface area contributed by atoms with Crippen LogP contribution in [0.3, 0.4) is 0 Å². The molecule has 1 saturated heterocycles. The van der Waals surface area contributed by atoms with Gasteiger partial charge in [-0.15, -0.1) is 12.4 Å². The number of nitrogens with zero attached hydrogens (tertiary/aromatic N) is 2. The summed E-state index contributed by atoms with van der Waals surface area (Å²) in [6.07, 6.45) is 0. The van der Waals surface area contributed by atoms with Gasteiger partial charge in [0.05, 0.1) is 0 Å². The van der Waals surface area contributed by atoms with Crippen LogP contribution in [0.4, 0.5) is 10.5 Å². The third kappa shape index (κ3) is 4.26. The first-order valence-corrected chi connectivity index (χ1v) is 6.79. The van der Waals surface area contributed by atoms with E-state index in [0.29, 0.717) is 44.0 Å². The molecule has 0 atom stereocenters. The number of nitrogen functional groups attached to an aromatic ring is 1. The van der Waals surface area contributed by atoms with Gasteiger partial charge in [-0.2, -0.15) is 0 Å². The largest absolute Gasteiger partial charge is 0.399 e. The molecule has 3 N–H and O–H groups in total. The third-order valence-electron chi connectivity index (χ3n) is 3.34. The standard InChI is InChI=1S/C14H20N4O2.ClH/c1-2-16-14(20)18-9-7-17(8-10-18)13(19)11-3-5-12(15)6-4-11;/h3-6H,2,7-10,15H2,1H3,(H,16,20);1H. The lowest BCUT2D eigenvalue weighted by molar-refractivity contribution is 0.0665. The highest BCUT2D eigenvalue weighted by Gasteiger charge is 2.24. The molecule has 0 spiro atoms. The molecule has 0 aromatic heterocycles. The van der Waals surface area contributed by atoms with Gasteiger partial charge in [0, 0.05) is 44.0 Å². The highest BCUT2D eigenvalue weighted by atomic mass is 35.5.